The van der Waals surface area contributed by atoms with Crippen molar-refractivity contribution < 1.29 is 9.59 Å². The van der Waals surface area contributed by atoms with E-state index < -0.39 is 0 Å². The van der Waals surface area contributed by atoms with Gasteiger partial charge >= 0.3 is 0 Å². The Morgan fingerprint density at radius 3 is 2.30 bits per heavy atom. The van der Waals surface area contributed by atoms with E-state index in [-0.39, 0.29) is 11.8 Å². The molecule has 1 N–H and O–H groups in total. The van der Waals surface area contributed by atoms with Crippen molar-refractivity contribution in [2.24, 2.45) is 0 Å². The van der Waals surface area contributed by atoms with Crippen molar-refractivity contribution in [3.05, 3.63) is 101 Å². The molecule has 0 saturated heterocycles. The second-order valence-corrected chi connectivity index (χ2v) is 6.55. The number of hydrogen-bond donors (Lipinski definition) is 1. The first-order valence-corrected chi connectivity index (χ1v) is 8.79. The van der Waals surface area contributed by atoms with Crippen LogP contribution in [0.5, 0.6) is 0 Å². The third-order valence-corrected chi connectivity index (χ3v) is 4.27. The van der Waals surface area contributed by atoms with Crippen LogP contribution in [0, 0.1) is 0 Å². The van der Waals surface area contributed by atoms with Gasteiger partial charge in [0.1, 0.15) is 0 Å². The summed E-state index contributed by atoms with van der Waals surface area (Å²) < 4.78 is 0. The van der Waals surface area contributed by atoms with Crippen molar-refractivity contribution in [3.63, 3.8) is 0 Å². The molecule has 3 aromatic rings. The van der Waals surface area contributed by atoms with Gasteiger partial charge in [0.2, 0.25) is 0 Å². The average Bonchev–Trinajstić information content (AvgIpc) is 2.68. The zero-order valence-corrected chi connectivity index (χ0v) is 15.5. The number of amides is 2. The van der Waals surface area contributed by atoms with Gasteiger partial charge in [-0.25, -0.2) is 0 Å². The number of carbonyl (C=O) groups is 2. The smallest absolute Gasteiger partial charge is 0.255 e. The third-order valence-electron chi connectivity index (χ3n) is 4.27. The number of nitrogens with zero attached hydrogens (tertiary/aromatic N) is 1. The maximum absolute atomic E-state index is 12.8. The summed E-state index contributed by atoms with van der Waals surface area (Å²) in [6.07, 6.45) is 0.684. The highest BCUT2D eigenvalue weighted by atomic mass is 16.2. The molecule has 0 spiro atoms. The quantitative estimate of drug-likeness (QED) is 0.742. The number of benzene rings is 3. The Morgan fingerprint density at radius 1 is 0.852 bits per heavy atom. The van der Waals surface area contributed by atoms with Crippen LogP contribution >= 0.6 is 0 Å². The zero-order chi connectivity index (χ0) is 19.2. The Kier molecular flexibility index (Phi) is 5.67. The molecule has 0 saturated carbocycles. The van der Waals surface area contributed by atoms with E-state index in [1.54, 1.807) is 38.4 Å². The van der Waals surface area contributed by atoms with Gasteiger partial charge in [0, 0.05) is 30.9 Å². The van der Waals surface area contributed by atoms with Crippen molar-refractivity contribution in [2.75, 3.05) is 19.4 Å². The minimum Gasteiger partial charge on any atom is -0.345 e. The molecule has 3 aromatic carbocycles. The highest BCUT2D eigenvalue weighted by molar-refractivity contribution is 6.06. The third kappa shape index (κ3) is 4.61. The highest BCUT2D eigenvalue weighted by Crippen LogP contribution is 2.18. The van der Waals surface area contributed by atoms with E-state index in [1.807, 2.05) is 54.6 Å². The molecule has 27 heavy (non-hydrogen) atoms. The van der Waals surface area contributed by atoms with Gasteiger partial charge in [0.15, 0.2) is 0 Å². The molecule has 0 atom stereocenters. The second kappa shape index (κ2) is 8.32. The van der Waals surface area contributed by atoms with E-state index in [0.29, 0.717) is 23.2 Å². The molecule has 0 heterocycles. The molecule has 0 aliphatic carbocycles. The standard InChI is InChI=1S/C23H22N2O2/c1-25(2)23(27)19-12-8-13-20(16-19)24-22(26)21-14-7-6-11-18(21)15-17-9-4-3-5-10-17/h3-14,16H,15H2,1-2H3,(H,24,26). The van der Waals surface area contributed by atoms with Gasteiger partial charge in [-0.15, -0.1) is 0 Å². The van der Waals surface area contributed by atoms with Gasteiger partial charge in [-0.2, -0.15) is 0 Å². The lowest BCUT2D eigenvalue weighted by Crippen LogP contribution is -2.22. The Bertz CT molecular complexity index is 949. The van der Waals surface area contributed by atoms with Crippen LogP contribution in [0.15, 0.2) is 78.9 Å². The summed E-state index contributed by atoms with van der Waals surface area (Å²) in [6, 6.07) is 24.6. The van der Waals surface area contributed by atoms with Crippen molar-refractivity contribution in [1.29, 1.82) is 0 Å². The summed E-state index contributed by atoms with van der Waals surface area (Å²) in [7, 11) is 3.40. The molecule has 0 unspecified atom stereocenters. The van der Waals surface area contributed by atoms with Crippen molar-refractivity contribution >= 4 is 17.5 Å². The minimum atomic E-state index is -0.184. The average molecular weight is 358 g/mol. The molecule has 4 heteroatoms. The fourth-order valence-corrected chi connectivity index (χ4v) is 2.90. The molecule has 0 aliphatic rings. The monoisotopic (exact) mass is 358 g/mol. The van der Waals surface area contributed by atoms with E-state index in [4.69, 9.17) is 0 Å². The SMILES string of the molecule is CN(C)C(=O)c1cccc(NC(=O)c2ccccc2Cc2ccccc2)c1. The zero-order valence-electron chi connectivity index (χ0n) is 15.5. The van der Waals surface area contributed by atoms with Crippen LogP contribution in [0.4, 0.5) is 5.69 Å². The Hall–Kier alpha value is -3.40. The van der Waals surface area contributed by atoms with Crippen molar-refractivity contribution in [2.45, 2.75) is 6.42 Å². The molecule has 136 valence electrons. The van der Waals surface area contributed by atoms with E-state index in [9.17, 15) is 9.59 Å². The fourth-order valence-electron chi connectivity index (χ4n) is 2.90. The summed E-state index contributed by atoms with van der Waals surface area (Å²) in [5.74, 6) is -0.286. The van der Waals surface area contributed by atoms with E-state index >= 15 is 0 Å². The second-order valence-electron chi connectivity index (χ2n) is 6.55. The lowest BCUT2D eigenvalue weighted by Gasteiger charge is -2.13. The number of anilines is 1. The van der Waals surface area contributed by atoms with E-state index in [2.05, 4.69) is 5.32 Å². The molecule has 2 amide bonds. The minimum absolute atomic E-state index is 0.101. The molecule has 0 radical (unpaired) electrons. The van der Waals surface area contributed by atoms with Crippen LogP contribution < -0.4 is 5.32 Å². The van der Waals surface area contributed by atoms with Crippen LogP contribution in [0.25, 0.3) is 0 Å². The first-order valence-electron chi connectivity index (χ1n) is 8.79. The normalized spacial score (nSPS) is 10.3. The molecule has 0 aromatic heterocycles. The van der Waals surface area contributed by atoms with Crippen LogP contribution in [0.2, 0.25) is 0 Å². The molecular formula is C23H22N2O2. The number of rotatable bonds is 5. The van der Waals surface area contributed by atoms with Crippen LogP contribution in [0.3, 0.4) is 0 Å². The molecule has 0 aliphatic heterocycles. The molecular weight excluding hydrogens is 336 g/mol. The maximum Gasteiger partial charge on any atom is 0.255 e. The maximum atomic E-state index is 12.8. The molecule has 0 bridgehead atoms. The Morgan fingerprint density at radius 2 is 1.56 bits per heavy atom. The first kappa shape index (κ1) is 18.4. The summed E-state index contributed by atoms with van der Waals surface area (Å²) in [5.41, 5.74) is 3.88. The van der Waals surface area contributed by atoms with Crippen LogP contribution in [-0.4, -0.2) is 30.8 Å². The molecule has 0 fully saturated rings. The van der Waals surface area contributed by atoms with Gasteiger partial charge in [-0.05, 0) is 41.8 Å². The van der Waals surface area contributed by atoms with Crippen LogP contribution in [0.1, 0.15) is 31.8 Å². The van der Waals surface area contributed by atoms with Gasteiger partial charge in [0.05, 0.1) is 0 Å². The number of carbonyl (C=O) groups excluding carboxylic acids is 2. The summed E-state index contributed by atoms with van der Waals surface area (Å²) in [5, 5.41) is 2.91. The van der Waals surface area contributed by atoms with E-state index in [1.165, 1.54) is 4.90 Å². The van der Waals surface area contributed by atoms with Gasteiger partial charge in [0.25, 0.3) is 11.8 Å². The molecule has 3 rings (SSSR count). The fraction of sp³-hybridized carbons (Fsp3) is 0.130. The summed E-state index contributed by atoms with van der Waals surface area (Å²) in [4.78, 5) is 26.5. The first-order chi connectivity index (χ1) is 13.0. The highest BCUT2D eigenvalue weighted by Gasteiger charge is 2.13. The number of hydrogen-bond acceptors (Lipinski definition) is 2. The van der Waals surface area contributed by atoms with Gasteiger partial charge < -0.3 is 10.2 Å². The Balaban J connectivity index is 1.81. The largest absolute Gasteiger partial charge is 0.345 e. The van der Waals surface area contributed by atoms with Crippen molar-refractivity contribution in [1.82, 2.24) is 4.90 Å². The predicted octanol–water partition coefficient (Wildman–Crippen LogP) is 4.23. The summed E-state index contributed by atoms with van der Waals surface area (Å²) in [6.45, 7) is 0. The van der Waals surface area contributed by atoms with Gasteiger partial charge in [-0.1, -0.05) is 54.6 Å². The Labute approximate surface area is 159 Å². The lowest BCUT2D eigenvalue weighted by molar-refractivity contribution is 0.0827. The summed E-state index contributed by atoms with van der Waals surface area (Å²) >= 11 is 0. The topological polar surface area (TPSA) is 49.4 Å². The number of nitrogens with one attached hydrogen (secondary N) is 1. The lowest BCUT2D eigenvalue weighted by atomic mass is 9.99. The van der Waals surface area contributed by atoms with Crippen LogP contribution in [-0.2, 0) is 6.42 Å². The predicted molar refractivity (Wildman–Crippen MR) is 108 cm³/mol. The van der Waals surface area contributed by atoms with E-state index in [0.717, 1.165) is 11.1 Å². The van der Waals surface area contributed by atoms with Crippen molar-refractivity contribution in [3.8, 4) is 0 Å². The molecule has 4 nitrogen and oxygen atoms in total. The van der Waals surface area contributed by atoms with Gasteiger partial charge in [-0.3, -0.25) is 9.59 Å².